The number of nitro benzene ring substituents is 1. The van der Waals surface area contributed by atoms with Gasteiger partial charge in [0.1, 0.15) is 6.61 Å². The minimum absolute atomic E-state index is 0.0167. The van der Waals surface area contributed by atoms with Crippen molar-refractivity contribution >= 4 is 17.7 Å². The van der Waals surface area contributed by atoms with Crippen LogP contribution in [0.4, 0.5) is 10.5 Å². The van der Waals surface area contributed by atoms with Gasteiger partial charge in [0, 0.05) is 25.2 Å². The van der Waals surface area contributed by atoms with Gasteiger partial charge in [0.2, 0.25) is 5.96 Å². The molecule has 0 N–H and O–H groups in total. The van der Waals surface area contributed by atoms with Crippen LogP contribution in [0.2, 0.25) is 0 Å². The van der Waals surface area contributed by atoms with Crippen molar-refractivity contribution in [3.8, 4) is 0 Å². The molecule has 1 fully saturated rings. The van der Waals surface area contributed by atoms with Crippen LogP contribution in [0.3, 0.4) is 0 Å². The number of nitro groups is 1. The summed E-state index contributed by atoms with van der Waals surface area (Å²) in [6, 6.07) is 5.97. The minimum Gasteiger partial charge on any atom is -0.444 e. The molecule has 23 heavy (non-hydrogen) atoms. The normalized spacial score (nSPS) is 17.3. The molecule has 0 aromatic heterocycles. The van der Waals surface area contributed by atoms with Crippen molar-refractivity contribution in [2.24, 2.45) is 4.99 Å². The van der Waals surface area contributed by atoms with Gasteiger partial charge in [0.15, 0.2) is 0 Å². The van der Waals surface area contributed by atoms with Gasteiger partial charge in [0.25, 0.3) is 5.69 Å². The van der Waals surface area contributed by atoms with Gasteiger partial charge in [-0.15, -0.1) is 0 Å². The highest BCUT2D eigenvalue weighted by Gasteiger charge is 2.30. The molecule has 8 heteroatoms. The molecule has 2 aliphatic rings. The standard InChI is InChI=1S/C15H18N4O4/c20-15(18-10-7-16-14(18)17-8-1-2-9-17)23-11-12-3-5-13(6-4-12)19(21)22/h3-6H,1-2,7-11H2. The average molecular weight is 318 g/mol. The van der Waals surface area contributed by atoms with Crippen LogP contribution in [0.15, 0.2) is 29.3 Å². The van der Waals surface area contributed by atoms with Gasteiger partial charge >= 0.3 is 6.09 Å². The zero-order chi connectivity index (χ0) is 16.2. The lowest BCUT2D eigenvalue weighted by molar-refractivity contribution is -0.384. The second-order valence-corrected chi connectivity index (χ2v) is 5.51. The molecule has 1 aromatic rings. The Kier molecular flexibility index (Phi) is 4.40. The number of nitrogens with zero attached hydrogens (tertiary/aromatic N) is 4. The van der Waals surface area contributed by atoms with Crippen molar-refractivity contribution in [2.75, 3.05) is 26.2 Å². The molecule has 2 aliphatic heterocycles. The van der Waals surface area contributed by atoms with E-state index in [4.69, 9.17) is 4.74 Å². The molecular formula is C15H18N4O4. The van der Waals surface area contributed by atoms with Crippen molar-refractivity contribution in [1.29, 1.82) is 0 Å². The summed E-state index contributed by atoms with van der Waals surface area (Å²) in [7, 11) is 0. The highest BCUT2D eigenvalue weighted by atomic mass is 16.6. The first-order valence-electron chi connectivity index (χ1n) is 7.62. The van der Waals surface area contributed by atoms with Gasteiger partial charge < -0.3 is 9.64 Å². The number of aliphatic imine (C=N–C) groups is 1. The maximum atomic E-state index is 12.2. The van der Waals surface area contributed by atoms with Gasteiger partial charge in [-0.25, -0.2) is 9.69 Å². The van der Waals surface area contributed by atoms with E-state index in [2.05, 4.69) is 9.89 Å². The number of rotatable bonds is 3. The number of carbonyl (C=O) groups excluding carboxylic acids is 1. The molecule has 122 valence electrons. The Morgan fingerprint density at radius 1 is 1.22 bits per heavy atom. The highest BCUT2D eigenvalue weighted by molar-refractivity contribution is 5.95. The van der Waals surface area contributed by atoms with E-state index in [1.54, 1.807) is 17.0 Å². The number of non-ortho nitro benzene ring substituents is 1. The molecular weight excluding hydrogens is 300 g/mol. The third kappa shape index (κ3) is 3.41. The van der Waals surface area contributed by atoms with E-state index in [-0.39, 0.29) is 12.3 Å². The van der Waals surface area contributed by atoms with Gasteiger partial charge in [0.05, 0.1) is 18.0 Å². The third-order valence-electron chi connectivity index (χ3n) is 3.94. The molecule has 0 bridgehead atoms. The Hall–Kier alpha value is -2.64. The van der Waals surface area contributed by atoms with Gasteiger partial charge in [-0.2, -0.15) is 0 Å². The Labute approximate surface area is 133 Å². The Morgan fingerprint density at radius 3 is 2.57 bits per heavy atom. The summed E-state index contributed by atoms with van der Waals surface area (Å²) in [5, 5.41) is 10.6. The first-order valence-corrected chi connectivity index (χ1v) is 7.62. The Balaban J connectivity index is 1.56. The van der Waals surface area contributed by atoms with Crippen molar-refractivity contribution in [1.82, 2.24) is 9.80 Å². The fraction of sp³-hybridized carbons (Fsp3) is 0.467. The topological polar surface area (TPSA) is 88.3 Å². The zero-order valence-electron chi connectivity index (χ0n) is 12.7. The minimum atomic E-state index is -0.460. The zero-order valence-corrected chi connectivity index (χ0v) is 12.7. The van der Waals surface area contributed by atoms with Crippen LogP contribution in [0.5, 0.6) is 0 Å². The second-order valence-electron chi connectivity index (χ2n) is 5.51. The SMILES string of the molecule is O=C(OCc1ccc([N+](=O)[O-])cc1)N1CCN=C1N1CCCC1. The molecule has 0 atom stereocenters. The first kappa shape index (κ1) is 15.3. The molecule has 8 nitrogen and oxygen atoms in total. The Morgan fingerprint density at radius 2 is 1.91 bits per heavy atom. The number of guanidine groups is 1. The predicted octanol–water partition coefficient (Wildman–Crippen LogP) is 2.00. The van der Waals surface area contributed by atoms with Crippen LogP contribution in [-0.4, -0.2) is 53.0 Å². The third-order valence-corrected chi connectivity index (χ3v) is 3.94. The van der Waals surface area contributed by atoms with Crippen LogP contribution in [0.25, 0.3) is 0 Å². The van der Waals surface area contributed by atoms with Gasteiger partial charge in [-0.3, -0.25) is 15.1 Å². The largest absolute Gasteiger partial charge is 0.444 e. The number of hydrogen-bond acceptors (Lipinski definition) is 6. The summed E-state index contributed by atoms with van der Waals surface area (Å²) in [5.74, 6) is 0.705. The van der Waals surface area contributed by atoms with Gasteiger partial charge in [-0.1, -0.05) is 0 Å². The molecule has 2 heterocycles. The van der Waals surface area contributed by atoms with Crippen molar-refractivity contribution in [3.63, 3.8) is 0 Å². The molecule has 0 spiro atoms. The average Bonchev–Trinajstić information content (AvgIpc) is 3.23. The molecule has 3 rings (SSSR count). The molecule has 0 aliphatic carbocycles. The lowest BCUT2D eigenvalue weighted by Crippen LogP contribution is -2.44. The molecule has 0 saturated carbocycles. The predicted molar refractivity (Wildman–Crippen MR) is 83.1 cm³/mol. The first-order chi connectivity index (χ1) is 11.1. The van der Waals surface area contributed by atoms with Crippen LogP contribution in [0.1, 0.15) is 18.4 Å². The summed E-state index contributed by atoms with van der Waals surface area (Å²) in [6.07, 6.45) is 1.81. The van der Waals surface area contributed by atoms with Crippen molar-refractivity contribution in [3.05, 3.63) is 39.9 Å². The number of hydrogen-bond donors (Lipinski definition) is 0. The van der Waals surface area contributed by atoms with Crippen LogP contribution in [0, 0.1) is 10.1 Å². The van der Waals surface area contributed by atoms with Crippen molar-refractivity contribution < 1.29 is 14.5 Å². The monoisotopic (exact) mass is 318 g/mol. The molecule has 1 saturated heterocycles. The van der Waals surface area contributed by atoms with Crippen molar-refractivity contribution in [2.45, 2.75) is 19.4 Å². The fourth-order valence-electron chi connectivity index (χ4n) is 2.73. The number of likely N-dealkylation sites (tertiary alicyclic amines) is 1. The quantitative estimate of drug-likeness (QED) is 0.628. The molecule has 1 amide bonds. The molecule has 1 aromatic carbocycles. The summed E-state index contributed by atoms with van der Waals surface area (Å²) < 4.78 is 5.31. The number of carbonyl (C=O) groups is 1. The van der Waals surface area contributed by atoms with E-state index in [1.807, 2.05) is 0 Å². The lowest BCUT2D eigenvalue weighted by atomic mass is 10.2. The van der Waals surface area contributed by atoms with E-state index in [0.717, 1.165) is 25.9 Å². The summed E-state index contributed by atoms with van der Waals surface area (Å²) in [4.78, 5) is 30.5. The second kappa shape index (κ2) is 6.64. The van der Waals surface area contributed by atoms with E-state index in [0.29, 0.717) is 24.6 Å². The summed E-state index contributed by atoms with van der Waals surface area (Å²) in [6.45, 7) is 3.06. The summed E-state index contributed by atoms with van der Waals surface area (Å²) in [5.41, 5.74) is 0.728. The molecule has 0 unspecified atom stereocenters. The van der Waals surface area contributed by atoms with E-state index in [9.17, 15) is 14.9 Å². The number of benzene rings is 1. The van der Waals surface area contributed by atoms with E-state index >= 15 is 0 Å². The summed E-state index contributed by atoms with van der Waals surface area (Å²) >= 11 is 0. The smallest absolute Gasteiger partial charge is 0.417 e. The van der Waals surface area contributed by atoms with Gasteiger partial charge in [-0.05, 0) is 30.5 Å². The fourth-order valence-corrected chi connectivity index (χ4v) is 2.73. The number of ether oxygens (including phenoxy) is 1. The van der Waals surface area contributed by atoms with E-state index < -0.39 is 11.0 Å². The highest BCUT2D eigenvalue weighted by Crippen LogP contribution is 2.16. The van der Waals surface area contributed by atoms with E-state index in [1.165, 1.54) is 12.1 Å². The van der Waals surface area contributed by atoms with Crippen LogP contribution in [-0.2, 0) is 11.3 Å². The van der Waals surface area contributed by atoms with Crippen LogP contribution >= 0.6 is 0 Å². The maximum absolute atomic E-state index is 12.2. The lowest BCUT2D eigenvalue weighted by Gasteiger charge is -2.25. The Bertz CT molecular complexity index is 623. The number of amides is 1. The molecule has 0 radical (unpaired) electrons. The maximum Gasteiger partial charge on any atom is 0.417 e. The van der Waals surface area contributed by atoms with Crippen LogP contribution < -0.4 is 0 Å².